The Labute approximate surface area is 198 Å². The molecule has 2 heterocycles. The van der Waals surface area contributed by atoms with Gasteiger partial charge >= 0.3 is 0 Å². The average Bonchev–Trinajstić information content (AvgIpc) is 3.31. The van der Waals surface area contributed by atoms with E-state index in [9.17, 15) is 0 Å². The van der Waals surface area contributed by atoms with Crippen molar-refractivity contribution in [2.24, 2.45) is 18.0 Å². The molecule has 30 heavy (non-hydrogen) atoms. The summed E-state index contributed by atoms with van der Waals surface area (Å²) >= 11 is 0. The van der Waals surface area contributed by atoms with Crippen molar-refractivity contribution < 1.29 is 4.42 Å². The van der Waals surface area contributed by atoms with E-state index in [1.165, 1.54) is 43.4 Å². The minimum absolute atomic E-state index is 0. The van der Waals surface area contributed by atoms with Crippen LogP contribution in [0, 0.1) is 19.8 Å². The molecule has 1 atom stereocenters. The van der Waals surface area contributed by atoms with Crippen LogP contribution in [0.3, 0.4) is 0 Å². The van der Waals surface area contributed by atoms with E-state index in [0.29, 0.717) is 0 Å². The molecular formula is C23H38IN5O. The van der Waals surface area contributed by atoms with Crippen molar-refractivity contribution in [3.8, 4) is 0 Å². The summed E-state index contributed by atoms with van der Waals surface area (Å²) in [5.41, 5.74) is 3.68. The Kier molecular flexibility index (Phi) is 10.2. The molecule has 3 rings (SSSR count). The molecule has 6 nitrogen and oxygen atoms in total. The lowest BCUT2D eigenvalue weighted by atomic mass is 9.89. The summed E-state index contributed by atoms with van der Waals surface area (Å²) in [6, 6.07) is 4.23. The lowest BCUT2D eigenvalue weighted by Gasteiger charge is -2.22. The van der Waals surface area contributed by atoms with Crippen LogP contribution in [0.1, 0.15) is 61.7 Å². The number of hydrogen-bond donors (Lipinski definition) is 2. The van der Waals surface area contributed by atoms with E-state index in [1.54, 1.807) is 6.26 Å². The highest BCUT2D eigenvalue weighted by atomic mass is 127. The fourth-order valence-corrected chi connectivity index (χ4v) is 4.21. The predicted molar refractivity (Wildman–Crippen MR) is 134 cm³/mol. The lowest BCUT2D eigenvalue weighted by Crippen LogP contribution is -2.44. The number of nitrogens with one attached hydrogen (secondary N) is 2. The van der Waals surface area contributed by atoms with E-state index >= 15 is 0 Å². The van der Waals surface area contributed by atoms with Gasteiger partial charge in [0.25, 0.3) is 0 Å². The molecule has 2 aromatic heterocycles. The molecular weight excluding hydrogens is 489 g/mol. The summed E-state index contributed by atoms with van der Waals surface area (Å²) in [5, 5.41) is 11.7. The van der Waals surface area contributed by atoms with Crippen molar-refractivity contribution in [3.05, 3.63) is 41.1 Å². The van der Waals surface area contributed by atoms with Gasteiger partial charge < -0.3 is 15.1 Å². The van der Waals surface area contributed by atoms with E-state index < -0.39 is 0 Å². The van der Waals surface area contributed by atoms with Crippen LogP contribution < -0.4 is 10.6 Å². The summed E-state index contributed by atoms with van der Waals surface area (Å²) < 4.78 is 7.42. The molecule has 0 aromatic carbocycles. The molecule has 0 radical (unpaired) electrons. The number of aliphatic imine (C=N–C) groups is 1. The van der Waals surface area contributed by atoms with E-state index in [1.807, 2.05) is 23.9 Å². The van der Waals surface area contributed by atoms with Crippen LogP contribution in [0.5, 0.6) is 0 Å². The molecule has 168 valence electrons. The Morgan fingerprint density at radius 1 is 1.30 bits per heavy atom. The van der Waals surface area contributed by atoms with Gasteiger partial charge in [-0.15, -0.1) is 24.0 Å². The molecule has 2 aromatic rings. The molecule has 0 aliphatic heterocycles. The molecule has 1 saturated carbocycles. The third-order valence-corrected chi connectivity index (χ3v) is 6.03. The third kappa shape index (κ3) is 7.32. The Morgan fingerprint density at radius 2 is 2.07 bits per heavy atom. The molecule has 0 saturated heterocycles. The van der Waals surface area contributed by atoms with Crippen molar-refractivity contribution in [2.75, 3.05) is 13.1 Å². The minimum Gasteiger partial charge on any atom is -0.469 e. The van der Waals surface area contributed by atoms with Gasteiger partial charge in [-0.1, -0.05) is 19.3 Å². The van der Waals surface area contributed by atoms with Crippen LogP contribution in [0.4, 0.5) is 0 Å². The normalized spacial score (nSPS) is 16.2. The standard InChI is InChI=1S/C23H37N5O.HI/c1-17(15-22-18(2)27-28(4)19(22)3)26-23(24-13-12-21-11-8-14-29-21)25-16-20-9-6-5-7-10-20;/h8,11,14,17,20H,5-7,9-10,12-13,15-16H2,1-4H3,(H2,24,25,26);1H. The Balaban J connectivity index is 0.00000320. The molecule has 2 N–H and O–H groups in total. The van der Waals surface area contributed by atoms with E-state index in [-0.39, 0.29) is 30.0 Å². The summed E-state index contributed by atoms with van der Waals surface area (Å²) in [4.78, 5) is 4.94. The Bertz CT molecular complexity index is 778. The lowest BCUT2D eigenvalue weighted by molar-refractivity contribution is 0.366. The number of guanidine groups is 1. The number of halogens is 1. The molecule has 7 heteroatoms. The third-order valence-electron chi connectivity index (χ3n) is 6.03. The van der Waals surface area contributed by atoms with Gasteiger partial charge in [0.2, 0.25) is 0 Å². The molecule has 0 bridgehead atoms. The zero-order valence-corrected chi connectivity index (χ0v) is 21.2. The monoisotopic (exact) mass is 527 g/mol. The average molecular weight is 527 g/mol. The molecule has 1 fully saturated rings. The number of rotatable bonds is 8. The van der Waals surface area contributed by atoms with Gasteiger partial charge in [-0.05, 0) is 63.6 Å². The maximum atomic E-state index is 5.45. The largest absolute Gasteiger partial charge is 0.469 e. The number of aromatic nitrogens is 2. The first kappa shape index (κ1) is 24.8. The zero-order valence-electron chi connectivity index (χ0n) is 18.9. The molecule has 1 unspecified atom stereocenters. The molecule has 1 aliphatic carbocycles. The fourth-order valence-electron chi connectivity index (χ4n) is 4.21. The van der Waals surface area contributed by atoms with Crippen molar-refractivity contribution >= 4 is 29.9 Å². The maximum Gasteiger partial charge on any atom is 0.191 e. The second-order valence-electron chi connectivity index (χ2n) is 8.47. The van der Waals surface area contributed by atoms with Gasteiger partial charge in [0.1, 0.15) is 5.76 Å². The van der Waals surface area contributed by atoms with Crippen molar-refractivity contribution in [2.45, 2.75) is 71.8 Å². The topological polar surface area (TPSA) is 67.4 Å². The summed E-state index contributed by atoms with van der Waals surface area (Å²) in [6.07, 6.45) is 10.2. The first-order chi connectivity index (χ1) is 14.0. The quantitative estimate of drug-likeness (QED) is 0.301. The molecule has 1 aliphatic rings. The number of hydrogen-bond acceptors (Lipinski definition) is 3. The Morgan fingerprint density at radius 3 is 2.70 bits per heavy atom. The van der Waals surface area contributed by atoms with Crippen LogP contribution >= 0.6 is 24.0 Å². The SMILES string of the molecule is Cc1nn(C)c(C)c1CC(C)NC(=NCC1CCCCC1)NCCc1ccco1.I. The maximum absolute atomic E-state index is 5.45. The van der Waals surface area contributed by atoms with Crippen LogP contribution in [-0.2, 0) is 19.9 Å². The highest BCUT2D eigenvalue weighted by molar-refractivity contribution is 14.0. The van der Waals surface area contributed by atoms with Gasteiger partial charge in [-0.3, -0.25) is 9.67 Å². The summed E-state index contributed by atoms with van der Waals surface area (Å²) in [6.45, 7) is 8.17. The minimum atomic E-state index is 0. The summed E-state index contributed by atoms with van der Waals surface area (Å²) in [7, 11) is 2.01. The highest BCUT2D eigenvalue weighted by Crippen LogP contribution is 2.23. The second-order valence-corrected chi connectivity index (χ2v) is 8.47. The van der Waals surface area contributed by atoms with E-state index in [2.05, 4.69) is 36.5 Å². The van der Waals surface area contributed by atoms with E-state index in [4.69, 9.17) is 9.41 Å². The number of nitrogens with zero attached hydrogens (tertiary/aromatic N) is 3. The van der Waals surface area contributed by atoms with Crippen molar-refractivity contribution in [3.63, 3.8) is 0 Å². The van der Waals surface area contributed by atoms with Gasteiger partial charge in [0.15, 0.2) is 5.96 Å². The fraction of sp³-hybridized carbons (Fsp3) is 0.652. The number of aryl methyl sites for hydroxylation is 2. The van der Waals surface area contributed by atoms with Gasteiger partial charge in [-0.25, -0.2) is 0 Å². The summed E-state index contributed by atoms with van der Waals surface area (Å²) in [5.74, 6) is 2.64. The predicted octanol–water partition coefficient (Wildman–Crippen LogP) is 4.54. The zero-order chi connectivity index (χ0) is 20.6. The van der Waals surface area contributed by atoms with Crippen molar-refractivity contribution in [1.29, 1.82) is 0 Å². The van der Waals surface area contributed by atoms with Crippen LogP contribution in [-0.4, -0.2) is 34.9 Å². The van der Waals surface area contributed by atoms with Crippen LogP contribution in [0.25, 0.3) is 0 Å². The highest BCUT2D eigenvalue weighted by Gasteiger charge is 2.16. The molecule has 0 spiro atoms. The van der Waals surface area contributed by atoms with Gasteiger partial charge in [0.05, 0.1) is 12.0 Å². The number of furan rings is 1. The van der Waals surface area contributed by atoms with Crippen LogP contribution in [0.15, 0.2) is 27.8 Å². The Hall–Kier alpha value is -1.51. The van der Waals surface area contributed by atoms with Crippen LogP contribution in [0.2, 0.25) is 0 Å². The van der Waals surface area contributed by atoms with E-state index in [0.717, 1.165) is 49.3 Å². The smallest absolute Gasteiger partial charge is 0.191 e. The van der Waals surface area contributed by atoms with Gasteiger partial charge in [-0.2, -0.15) is 5.10 Å². The van der Waals surface area contributed by atoms with Crippen molar-refractivity contribution in [1.82, 2.24) is 20.4 Å². The first-order valence-electron chi connectivity index (χ1n) is 11.1. The molecule has 0 amide bonds. The first-order valence-corrected chi connectivity index (χ1v) is 11.1. The van der Waals surface area contributed by atoms with Gasteiger partial charge in [0, 0.05) is 38.3 Å². The second kappa shape index (κ2) is 12.4.